The van der Waals surface area contributed by atoms with Crippen LogP contribution in [0.25, 0.3) is 38.3 Å². The highest BCUT2D eigenvalue weighted by Crippen LogP contribution is 2.42. The lowest BCUT2D eigenvalue weighted by Crippen LogP contribution is -2.39. The molecule has 8 nitrogen and oxygen atoms in total. The van der Waals surface area contributed by atoms with Gasteiger partial charge in [-0.1, -0.05) is 47.5 Å². The highest BCUT2D eigenvalue weighted by atomic mass is 32.1. The van der Waals surface area contributed by atoms with Crippen molar-refractivity contribution in [1.82, 2.24) is 10.3 Å². The first-order valence-corrected chi connectivity index (χ1v) is 13.3. The first kappa shape index (κ1) is 25.3. The number of hydrogen-bond donors (Lipinski definition) is 1. The zero-order chi connectivity index (χ0) is 28.0. The van der Waals surface area contributed by atoms with Gasteiger partial charge in [-0.3, -0.25) is 4.79 Å². The van der Waals surface area contributed by atoms with Crippen LogP contribution in [0.1, 0.15) is 26.5 Å². The van der Waals surface area contributed by atoms with E-state index >= 15 is 0 Å². The number of carbonyl (C=O) groups excluding carboxylic acids is 1. The van der Waals surface area contributed by atoms with Crippen molar-refractivity contribution in [3.05, 3.63) is 101 Å². The Kier molecular flexibility index (Phi) is 6.28. The van der Waals surface area contributed by atoms with E-state index in [4.69, 9.17) is 20.0 Å². The van der Waals surface area contributed by atoms with Gasteiger partial charge in [0.05, 0.1) is 23.8 Å². The lowest BCUT2D eigenvalue weighted by Gasteiger charge is -2.10. The number of aryl methyl sites for hydroxylation is 2. The highest BCUT2D eigenvalue weighted by Gasteiger charge is 2.32. The van der Waals surface area contributed by atoms with Crippen LogP contribution in [0.15, 0.2) is 83.4 Å². The van der Waals surface area contributed by atoms with Crippen molar-refractivity contribution in [2.24, 2.45) is 0 Å². The smallest absolute Gasteiger partial charge is 0.312 e. The molecule has 0 amide bonds. The van der Waals surface area contributed by atoms with Gasteiger partial charge in [-0.15, -0.1) is 11.3 Å². The van der Waals surface area contributed by atoms with Crippen molar-refractivity contribution in [3.63, 3.8) is 0 Å². The average Bonchev–Trinajstić information content (AvgIpc) is 3.52. The van der Waals surface area contributed by atoms with Crippen molar-refractivity contribution >= 4 is 33.0 Å². The summed E-state index contributed by atoms with van der Waals surface area (Å²) in [6.45, 7) is 3.96. The average molecular weight is 549 g/mol. The molecule has 0 bridgehead atoms. The topological polar surface area (TPSA) is 118 Å². The predicted molar refractivity (Wildman–Crippen MR) is 152 cm³/mol. The molecule has 0 radical (unpaired) electrons. The van der Waals surface area contributed by atoms with Gasteiger partial charge in [0.25, 0.3) is 5.78 Å². The lowest BCUT2D eigenvalue weighted by atomic mass is 9.98. The van der Waals surface area contributed by atoms with Crippen molar-refractivity contribution < 1.29 is 23.8 Å². The van der Waals surface area contributed by atoms with Gasteiger partial charge < -0.3 is 20.1 Å². The summed E-state index contributed by atoms with van der Waals surface area (Å²) in [5.74, 6) is -0.679. The van der Waals surface area contributed by atoms with Crippen LogP contribution in [-0.2, 0) is 0 Å². The van der Waals surface area contributed by atoms with Gasteiger partial charge in [-0.05, 0) is 60.0 Å². The van der Waals surface area contributed by atoms with E-state index in [1.807, 2.05) is 80.6 Å². The van der Waals surface area contributed by atoms with Crippen molar-refractivity contribution in [2.45, 2.75) is 13.8 Å². The second-order valence-corrected chi connectivity index (χ2v) is 10.5. The number of nitrogens with zero attached hydrogens (tertiary/aromatic N) is 3. The van der Waals surface area contributed by atoms with E-state index in [1.54, 1.807) is 19.2 Å². The van der Waals surface area contributed by atoms with E-state index in [9.17, 15) is 9.90 Å². The number of thiophene rings is 1. The lowest BCUT2D eigenvalue weighted by molar-refractivity contribution is -0.672. The van der Waals surface area contributed by atoms with Crippen molar-refractivity contribution in [1.29, 1.82) is 0 Å². The molecule has 0 fully saturated rings. The second-order valence-electron chi connectivity index (χ2n) is 9.46. The number of ketones is 1. The number of methoxy groups -OCH3 is 1. The summed E-state index contributed by atoms with van der Waals surface area (Å²) in [6.07, 6.45) is 0. The van der Waals surface area contributed by atoms with Crippen LogP contribution in [0.2, 0.25) is 0 Å². The molecule has 3 aromatic carbocycles. The van der Waals surface area contributed by atoms with E-state index in [0.29, 0.717) is 15.9 Å². The van der Waals surface area contributed by atoms with E-state index in [2.05, 4.69) is 5.27 Å². The molecule has 9 heteroatoms. The summed E-state index contributed by atoms with van der Waals surface area (Å²) < 4.78 is 11.4. The summed E-state index contributed by atoms with van der Waals surface area (Å²) in [5.41, 5.74) is 12.7. The van der Waals surface area contributed by atoms with Gasteiger partial charge in [-0.2, -0.15) is 0 Å². The number of aromatic nitrogens is 3. The molecule has 0 saturated carbocycles. The quantitative estimate of drug-likeness (QED) is 0.218. The number of nitrogens with two attached hydrogens (primary N) is 1. The van der Waals surface area contributed by atoms with E-state index in [0.717, 1.165) is 50.6 Å². The normalized spacial score (nSPS) is 11.2. The summed E-state index contributed by atoms with van der Waals surface area (Å²) >= 11 is 1.14. The Labute approximate surface area is 233 Å². The molecular formula is C31H24N4O4S. The maximum absolute atomic E-state index is 13.9. The minimum absolute atomic E-state index is 0.198. The maximum atomic E-state index is 13.9. The number of benzene rings is 3. The molecule has 0 atom stereocenters. The molecule has 2 N–H and O–H groups in total. The van der Waals surface area contributed by atoms with E-state index in [1.165, 1.54) is 4.68 Å². The highest BCUT2D eigenvalue weighted by molar-refractivity contribution is 7.21. The Morgan fingerprint density at radius 3 is 2.23 bits per heavy atom. The number of carbonyl (C=O) groups is 1. The molecule has 0 unspecified atom stereocenters. The van der Waals surface area contributed by atoms with Gasteiger partial charge in [0.15, 0.2) is 5.95 Å². The molecule has 0 spiro atoms. The van der Waals surface area contributed by atoms with Crippen LogP contribution in [0.3, 0.4) is 0 Å². The molecule has 6 aromatic rings. The fourth-order valence-corrected chi connectivity index (χ4v) is 5.63. The zero-order valence-electron chi connectivity index (χ0n) is 22.0. The molecule has 6 rings (SSSR count). The third-order valence-electron chi connectivity index (χ3n) is 6.76. The number of hydrogen-bond acceptors (Lipinski definition) is 8. The van der Waals surface area contributed by atoms with Gasteiger partial charge >= 0.3 is 5.69 Å². The first-order valence-electron chi connectivity index (χ1n) is 12.5. The third-order valence-corrected chi connectivity index (χ3v) is 7.86. The summed E-state index contributed by atoms with van der Waals surface area (Å²) in [4.78, 5) is 19.5. The minimum Gasteiger partial charge on any atom is -0.539 e. The minimum atomic E-state index is -0.840. The summed E-state index contributed by atoms with van der Waals surface area (Å²) in [6, 6.07) is 24.9. The summed E-state index contributed by atoms with van der Waals surface area (Å²) in [7, 11) is 1.62. The molecule has 198 valence electrons. The van der Waals surface area contributed by atoms with Gasteiger partial charge in [0, 0.05) is 23.1 Å². The fraction of sp³-hybridized carbons (Fsp3) is 0.0968. The van der Waals surface area contributed by atoms with Gasteiger partial charge in [-0.25, -0.2) is 4.98 Å². The Morgan fingerprint density at radius 1 is 0.950 bits per heavy atom. The van der Waals surface area contributed by atoms with Crippen LogP contribution in [0.5, 0.6) is 11.7 Å². The number of ether oxygens (including phenoxy) is 1. The molecule has 0 aliphatic rings. The summed E-state index contributed by atoms with van der Waals surface area (Å²) in [5, 5.41) is 17.2. The molecule has 0 aliphatic heterocycles. The Hall–Kier alpha value is -5.02. The van der Waals surface area contributed by atoms with Crippen molar-refractivity contribution in [3.8, 4) is 39.8 Å². The predicted octanol–water partition coefficient (Wildman–Crippen LogP) is 5.41. The Morgan fingerprint density at radius 2 is 1.57 bits per heavy atom. The number of fused-ring (bicyclic) bond motifs is 1. The molecule has 0 aliphatic carbocycles. The fourth-order valence-electron chi connectivity index (χ4n) is 4.57. The van der Waals surface area contributed by atoms with Gasteiger partial charge in [0.1, 0.15) is 15.5 Å². The third kappa shape index (κ3) is 4.36. The van der Waals surface area contributed by atoms with Crippen molar-refractivity contribution in [2.75, 3.05) is 12.8 Å². The number of pyridine rings is 1. The van der Waals surface area contributed by atoms with E-state index in [-0.39, 0.29) is 16.3 Å². The zero-order valence-corrected chi connectivity index (χ0v) is 22.8. The number of rotatable bonds is 6. The number of anilines is 1. The monoisotopic (exact) mass is 548 g/mol. The SMILES string of the molecule is COc1ccc(-c2cc(-c3ccc(C)cc3)c3c(N)c(C(=O)c4c([O-])on[n+]4-c4ccc(C)cc4)sc3n2)cc1. The molecule has 3 heterocycles. The molecule has 3 aromatic heterocycles. The Balaban J connectivity index is 1.54. The van der Waals surface area contributed by atoms with Crippen LogP contribution in [0.4, 0.5) is 5.69 Å². The Bertz CT molecular complexity index is 1870. The van der Waals surface area contributed by atoms with Crippen LogP contribution >= 0.6 is 11.3 Å². The standard InChI is InChI=1S/C31H24N4O4S/c1-17-4-8-19(9-5-17)23-16-24(20-10-14-22(38-3)15-11-20)33-30-25(23)26(32)29(40-30)28(36)27-31(37)39-34-35(27)21-12-6-18(2)7-13-21/h4-16H,1-3H3,(H2-,32,34,36,37). The molecule has 0 saturated heterocycles. The first-order chi connectivity index (χ1) is 19.3. The van der Waals surface area contributed by atoms with Crippen LogP contribution in [-0.4, -0.2) is 23.1 Å². The molecular weight excluding hydrogens is 524 g/mol. The largest absolute Gasteiger partial charge is 0.539 e. The number of nitrogen functional groups attached to an aromatic ring is 1. The maximum Gasteiger partial charge on any atom is 0.312 e. The van der Waals surface area contributed by atoms with E-state index < -0.39 is 11.7 Å². The molecule has 40 heavy (non-hydrogen) atoms. The second kappa shape index (κ2) is 9.94. The van der Waals surface area contributed by atoms with Crippen LogP contribution < -0.4 is 20.3 Å². The van der Waals surface area contributed by atoms with Crippen LogP contribution in [0, 0.1) is 13.8 Å². The van der Waals surface area contributed by atoms with Gasteiger partial charge in [0.2, 0.25) is 5.69 Å².